The minimum atomic E-state index is -4.54. The fourth-order valence-corrected chi connectivity index (χ4v) is 1.93. The van der Waals surface area contributed by atoms with Gasteiger partial charge in [0.15, 0.2) is 0 Å². The van der Waals surface area contributed by atoms with Crippen molar-refractivity contribution in [1.82, 2.24) is 0 Å². The highest BCUT2D eigenvalue weighted by molar-refractivity contribution is 6.30. The van der Waals surface area contributed by atoms with Crippen LogP contribution in [0.3, 0.4) is 0 Å². The van der Waals surface area contributed by atoms with E-state index in [0.29, 0.717) is 16.7 Å². The maximum atomic E-state index is 13.7. The number of benzene rings is 2. The molecule has 2 rings (SSSR count). The monoisotopic (exact) mass is 339 g/mol. The zero-order valence-corrected chi connectivity index (χ0v) is 12.1. The molecular weight excluding hydrogens is 329 g/mol. The molecule has 1 atom stereocenters. The number of halogens is 6. The van der Waals surface area contributed by atoms with Crippen molar-refractivity contribution in [3.8, 4) is 0 Å². The molecule has 0 aliphatic rings. The molecule has 0 aromatic heterocycles. The van der Waals surface area contributed by atoms with E-state index in [1.807, 2.05) is 0 Å². The zero-order chi connectivity index (χ0) is 14.9. The van der Waals surface area contributed by atoms with E-state index in [9.17, 15) is 17.6 Å². The molecule has 0 amide bonds. The molecule has 0 aliphatic heterocycles. The van der Waals surface area contributed by atoms with E-state index in [1.165, 1.54) is 0 Å². The summed E-state index contributed by atoms with van der Waals surface area (Å²) in [6.45, 7) is 0. The molecule has 2 aromatic rings. The second-order valence-electron chi connectivity index (χ2n) is 4.26. The van der Waals surface area contributed by atoms with Crippen LogP contribution >= 0.6 is 24.0 Å². The Labute approximate surface area is 130 Å². The molecule has 0 radical (unpaired) electrons. The minimum Gasteiger partial charge on any atom is -0.320 e. The number of rotatable bonds is 2. The summed E-state index contributed by atoms with van der Waals surface area (Å²) in [5.41, 5.74) is 5.17. The lowest BCUT2D eigenvalue weighted by atomic mass is 9.97. The summed E-state index contributed by atoms with van der Waals surface area (Å²) in [5.74, 6) is -0.777. The van der Waals surface area contributed by atoms with Crippen LogP contribution in [0.2, 0.25) is 5.02 Å². The van der Waals surface area contributed by atoms with Crippen LogP contribution in [0.4, 0.5) is 17.6 Å². The van der Waals surface area contributed by atoms with Crippen molar-refractivity contribution in [2.24, 2.45) is 5.73 Å². The summed E-state index contributed by atoms with van der Waals surface area (Å²) in [5, 5.41) is 0.463. The fraction of sp³-hybridized carbons (Fsp3) is 0.143. The van der Waals surface area contributed by atoms with E-state index < -0.39 is 23.6 Å². The zero-order valence-electron chi connectivity index (χ0n) is 10.5. The molecule has 1 nitrogen and oxygen atoms in total. The third-order valence-corrected chi connectivity index (χ3v) is 3.14. The van der Waals surface area contributed by atoms with Crippen molar-refractivity contribution < 1.29 is 17.6 Å². The Balaban J connectivity index is 0.00000220. The van der Waals surface area contributed by atoms with Gasteiger partial charge in [0.25, 0.3) is 0 Å². The summed E-state index contributed by atoms with van der Waals surface area (Å²) in [6.07, 6.45) is -4.54. The molecule has 1 unspecified atom stereocenters. The second-order valence-corrected chi connectivity index (χ2v) is 4.70. The Kier molecular flexibility index (Phi) is 5.61. The molecule has 0 bridgehead atoms. The Morgan fingerprint density at radius 3 is 2.10 bits per heavy atom. The van der Waals surface area contributed by atoms with Gasteiger partial charge < -0.3 is 5.73 Å². The van der Waals surface area contributed by atoms with E-state index in [0.717, 1.165) is 12.1 Å². The Morgan fingerprint density at radius 1 is 1.00 bits per heavy atom. The van der Waals surface area contributed by atoms with Crippen LogP contribution in [0.1, 0.15) is 22.7 Å². The first kappa shape index (κ1) is 17.8. The average molecular weight is 340 g/mol. The number of hydrogen-bond donors (Lipinski definition) is 1. The number of nitrogens with two attached hydrogens (primary N) is 1. The van der Waals surface area contributed by atoms with Crippen LogP contribution in [0.25, 0.3) is 0 Å². The third-order valence-electron chi connectivity index (χ3n) is 2.89. The normalized spacial score (nSPS) is 12.7. The topological polar surface area (TPSA) is 26.0 Å². The van der Waals surface area contributed by atoms with Crippen LogP contribution in [-0.2, 0) is 6.18 Å². The lowest BCUT2D eigenvalue weighted by Crippen LogP contribution is -2.15. The van der Waals surface area contributed by atoms with Crippen molar-refractivity contribution in [3.63, 3.8) is 0 Å². The molecule has 21 heavy (non-hydrogen) atoms. The Bertz CT molecular complexity index is 611. The molecule has 2 aromatic carbocycles. The summed E-state index contributed by atoms with van der Waals surface area (Å²) in [4.78, 5) is 0. The van der Waals surface area contributed by atoms with Gasteiger partial charge in [0, 0.05) is 10.6 Å². The van der Waals surface area contributed by atoms with Gasteiger partial charge in [0.05, 0.1) is 11.6 Å². The minimum absolute atomic E-state index is 0. The van der Waals surface area contributed by atoms with E-state index in [4.69, 9.17) is 17.3 Å². The molecule has 2 N–H and O–H groups in total. The first-order chi connectivity index (χ1) is 9.29. The SMILES string of the molecule is Cl.NC(c1ccc(Cl)cc1)c1cc(C(F)(F)F)ccc1F. The van der Waals surface area contributed by atoms with Gasteiger partial charge in [0.2, 0.25) is 0 Å². The van der Waals surface area contributed by atoms with E-state index in [-0.39, 0.29) is 18.0 Å². The van der Waals surface area contributed by atoms with Gasteiger partial charge in [-0.25, -0.2) is 4.39 Å². The highest BCUT2D eigenvalue weighted by Crippen LogP contribution is 2.32. The van der Waals surface area contributed by atoms with Crippen LogP contribution < -0.4 is 5.73 Å². The predicted octanol–water partition coefficient (Wildman–Crippen LogP) is 4.97. The first-order valence-corrected chi connectivity index (χ1v) is 6.04. The summed E-state index contributed by atoms with van der Waals surface area (Å²) in [7, 11) is 0. The lowest BCUT2D eigenvalue weighted by Gasteiger charge is -2.16. The molecule has 114 valence electrons. The molecule has 0 fully saturated rings. The molecule has 0 saturated carbocycles. The highest BCUT2D eigenvalue weighted by atomic mass is 35.5. The maximum absolute atomic E-state index is 13.7. The number of hydrogen-bond acceptors (Lipinski definition) is 1. The quantitative estimate of drug-likeness (QED) is 0.768. The van der Waals surface area contributed by atoms with Crippen molar-refractivity contribution >= 4 is 24.0 Å². The first-order valence-electron chi connectivity index (χ1n) is 5.66. The van der Waals surface area contributed by atoms with Crippen molar-refractivity contribution in [2.45, 2.75) is 12.2 Å². The second kappa shape index (κ2) is 6.64. The van der Waals surface area contributed by atoms with Crippen LogP contribution in [0.15, 0.2) is 42.5 Å². The smallest absolute Gasteiger partial charge is 0.320 e. The van der Waals surface area contributed by atoms with Crippen LogP contribution in [0.5, 0.6) is 0 Å². The predicted molar refractivity (Wildman–Crippen MR) is 76.1 cm³/mol. The molecular formula is C14H11Cl2F4N. The van der Waals surface area contributed by atoms with Crippen LogP contribution in [-0.4, -0.2) is 0 Å². The van der Waals surface area contributed by atoms with Gasteiger partial charge in [-0.05, 0) is 35.9 Å². The Hall–Kier alpha value is -1.30. The van der Waals surface area contributed by atoms with Gasteiger partial charge in [0.1, 0.15) is 5.82 Å². The van der Waals surface area contributed by atoms with Crippen molar-refractivity contribution in [3.05, 3.63) is 70.0 Å². The van der Waals surface area contributed by atoms with E-state index >= 15 is 0 Å². The highest BCUT2D eigenvalue weighted by Gasteiger charge is 2.31. The molecule has 7 heteroatoms. The van der Waals surface area contributed by atoms with E-state index in [2.05, 4.69) is 0 Å². The molecule has 0 aliphatic carbocycles. The summed E-state index contributed by atoms with van der Waals surface area (Å²) in [6, 6.07) is 7.38. The fourth-order valence-electron chi connectivity index (χ4n) is 1.81. The largest absolute Gasteiger partial charge is 0.416 e. The third kappa shape index (κ3) is 4.09. The number of alkyl halides is 3. The van der Waals surface area contributed by atoms with Gasteiger partial charge >= 0.3 is 6.18 Å². The van der Waals surface area contributed by atoms with Crippen LogP contribution in [0, 0.1) is 5.82 Å². The standard InChI is InChI=1S/C14H10ClF4N.ClH/c15-10-4-1-8(2-5-10)13(20)11-7-9(14(17,18)19)3-6-12(11)16;/h1-7,13H,20H2;1H. The molecule has 0 spiro atoms. The summed E-state index contributed by atoms with van der Waals surface area (Å²) >= 11 is 5.72. The van der Waals surface area contributed by atoms with Crippen molar-refractivity contribution in [2.75, 3.05) is 0 Å². The molecule has 0 saturated heterocycles. The van der Waals surface area contributed by atoms with Gasteiger partial charge in [-0.3, -0.25) is 0 Å². The lowest BCUT2D eigenvalue weighted by molar-refractivity contribution is -0.137. The summed E-state index contributed by atoms with van der Waals surface area (Å²) < 4.78 is 51.6. The van der Waals surface area contributed by atoms with Gasteiger partial charge in [-0.2, -0.15) is 13.2 Å². The average Bonchev–Trinajstić information content (AvgIpc) is 2.38. The van der Waals surface area contributed by atoms with Crippen molar-refractivity contribution in [1.29, 1.82) is 0 Å². The van der Waals surface area contributed by atoms with Gasteiger partial charge in [-0.1, -0.05) is 23.7 Å². The van der Waals surface area contributed by atoms with Gasteiger partial charge in [-0.15, -0.1) is 12.4 Å². The maximum Gasteiger partial charge on any atom is 0.416 e. The Morgan fingerprint density at radius 2 is 1.57 bits per heavy atom. The van der Waals surface area contributed by atoms with E-state index in [1.54, 1.807) is 24.3 Å². The molecule has 0 heterocycles.